The van der Waals surface area contributed by atoms with Crippen LogP contribution in [0.3, 0.4) is 0 Å². The number of unbranched alkanes of at least 4 members (excludes halogenated alkanes) is 5. The molecule has 0 unspecified atom stereocenters. The predicted octanol–water partition coefficient (Wildman–Crippen LogP) is 2.36. The number of aryl methyl sites for hydroxylation is 1. The van der Waals surface area contributed by atoms with E-state index < -0.39 is 0 Å². The summed E-state index contributed by atoms with van der Waals surface area (Å²) in [6.45, 7) is 5.75. The summed E-state index contributed by atoms with van der Waals surface area (Å²) in [7, 11) is 1.66. The monoisotopic (exact) mass is 323 g/mol. The molecule has 1 saturated heterocycles. The van der Waals surface area contributed by atoms with E-state index in [1.807, 2.05) is 0 Å². The Morgan fingerprint density at radius 3 is 2.61 bits per heavy atom. The summed E-state index contributed by atoms with van der Waals surface area (Å²) in [4.78, 5) is 14.0. The molecule has 1 aliphatic rings. The van der Waals surface area contributed by atoms with E-state index >= 15 is 0 Å². The van der Waals surface area contributed by atoms with Crippen LogP contribution in [0.15, 0.2) is 10.9 Å². The predicted molar refractivity (Wildman–Crippen MR) is 91.4 cm³/mol. The van der Waals surface area contributed by atoms with E-state index in [0.717, 1.165) is 25.2 Å². The SMILES string of the molecule is CCCCCCCCOc1nn(C)c(=O)cc1N1CCOCC1. The van der Waals surface area contributed by atoms with E-state index in [1.54, 1.807) is 13.1 Å². The van der Waals surface area contributed by atoms with E-state index in [1.165, 1.54) is 36.8 Å². The molecule has 6 heteroatoms. The molecular weight excluding hydrogens is 294 g/mol. The van der Waals surface area contributed by atoms with Gasteiger partial charge in [0, 0.05) is 26.2 Å². The van der Waals surface area contributed by atoms with Crippen molar-refractivity contribution in [3.05, 3.63) is 16.4 Å². The topological polar surface area (TPSA) is 56.6 Å². The van der Waals surface area contributed by atoms with Crippen LogP contribution < -0.4 is 15.2 Å². The first-order valence-corrected chi connectivity index (χ1v) is 8.76. The van der Waals surface area contributed by atoms with Crippen LogP contribution in [-0.2, 0) is 11.8 Å². The number of aromatic nitrogens is 2. The minimum absolute atomic E-state index is 0.113. The summed E-state index contributed by atoms with van der Waals surface area (Å²) in [5.41, 5.74) is 0.681. The van der Waals surface area contributed by atoms with Gasteiger partial charge in [-0.3, -0.25) is 4.79 Å². The van der Waals surface area contributed by atoms with Crippen LogP contribution in [0.2, 0.25) is 0 Å². The molecule has 2 heterocycles. The molecule has 0 amide bonds. The van der Waals surface area contributed by atoms with Crippen LogP contribution in [0.25, 0.3) is 0 Å². The summed E-state index contributed by atoms with van der Waals surface area (Å²) in [5.74, 6) is 0.558. The summed E-state index contributed by atoms with van der Waals surface area (Å²) in [6, 6.07) is 1.62. The highest BCUT2D eigenvalue weighted by molar-refractivity contribution is 5.54. The van der Waals surface area contributed by atoms with Crippen molar-refractivity contribution < 1.29 is 9.47 Å². The Hall–Kier alpha value is -1.56. The average molecular weight is 323 g/mol. The van der Waals surface area contributed by atoms with E-state index in [-0.39, 0.29) is 5.56 Å². The van der Waals surface area contributed by atoms with Crippen molar-refractivity contribution in [1.82, 2.24) is 9.78 Å². The molecule has 0 aromatic carbocycles. The zero-order valence-corrected chi connectivity index (χ0v) is 14.4. The van der Waals surface area contributed by atoms with Crippen molar-refractivity contribution in [3.8, 4) is 5.88 Å². The van der Waals surface area contributed by atoms with E-state index in [2.05, 4.69) is 16.9 Å². The number of anilines is 1. The molecule has 0 saturated carbocycles. The van der Waals surface area contributed by atoms with Crippen LogP contribution in [0, 0.1) is 0 Å². The van der Waals surface area contributed by atoms with Gasteiger partial charge in [-0.15, -0.1) is 5.10 Å². The molecule has 0 radical (unpaired) electrons. The highest BCUT2D eigenvalue weighted by atomic mass is 16.5. The molecule has 6 nitrogen and oxygen atoms in total. The fourth-order valence-electron chi connectivity index (χ4n) is 2.69. The highest BCUT2D eigenvalue weighted by Crippen LogP contribution is 2.24. The Kier molecular flexibility index (Phi) is 7.39. The summed E-state index contributed by atoms with van der Waals surface area (Å²) >= 11 is 0. The molecule has 2 rings (SSSR count). The van der Waals surface area contributed by atoms with Gasteiger partial charge in [-0.2, -0.15) is 0 Å². The second-order valence-corrected chi connectivity index (χ2v) is 6.01. The standard InChI is InChI=1S/C17H29N3O3/c1-3-4-5-6-7-8-11-23-17-15(14-16(21)19(2)18-17)20-9-12-22-13-10-20/h14H,3-13H2,1-2H3. The smallest absolute Gasteiger partial charge is 0.268 e. The van der Waals surface area contributed by atoms with Gasteiger partial charge in [-0.1, -0.05) is 39.0 Å². The van der Waals surface area contributed by atoms with Crippen molar-refractivity contribution in [3.63, 3.8) is 0 Å². The van der Waals surface area contributed by atoms with E-state index in [4.69, 9.17) is 9.47 Å². The van der Waals surface area contributed by atoms with Crippen LogP contribution in [0.5, 0.6) is 5.88 Å². The second-order valence-electron chi connectivity index (χ2n) is 6.01. The molecule has 0 spiro atoms. The molecule has 1 aromatic heterocycles. The molecule has 130 valence electrons. The highest BCUT2D eigenvalue weighted by Gasteiger charge is 2.18. The minimum atomic E-state index is -0.113. The Morgan fingerprint density at radius 1 is 1.17 bits per heavy atom. The maximum absolute atomic E-state index is 11.9. The van der Waals surface area contributed by atoms with Crippen LogP contribution in [0.4, 0.5) is 5.69 Å². The lowest BCUT2D eigenvalue weighted by atomic mass is 10.1. The molecule has 0 bridgehead atoms. The lowest BCUT2D eigenvalue weighted by Crippen LogP contribution is -2.37. The first-order valence-electron chi connectivity index (χ1n) is 8.76. The van der Waals surface area contributed by atoms with Crippen LogP contribution in [0.1, 0.15) is 45.4 Å². The molecule has 23 heavy (non-hydrogen) atoms. The lowest BCUT2D eigenvalue weighted by Gasteiger charge is -2.29. The molecule has 0 aliphatic carbocycles. The number of ether oxygens (including phenoxy) is 2. The third-order valence-corrected chi connectivity index (χ3v) is 4.13. The summed E-state index contributed by atoms with van der Waals surface area (Å²) in [5, 5.41) is 4.29. The zero-order valence-electron chi connectivity index (χ0n) is 14.4. The van der Waals surface area contributed by atoms with E-state index in [0.29, 0.717) is 25.7 Å². The number of morpholine rings is 1. The number of hydrogen-bond acceptors (Lipinski definition) is 5. The van der Waals surface area contributed by atoms with Crippen LogP contribution in [-0.4, -0.2) is 42.7 Å². The van der Waals surface area contributed by atoms with E-state index in [9.17, 15) is 4.79 Å². The summed E-state index contributed by atoms with van der Waals surface area (Å²) < 4.78 is 12.6. The van der Waals surface area contributed by atoms with Gasteiger partial charge >= 0.3 is 0 Å². The molecule has 0 atom stereocenters. The minimum Gasteiger partial charge on any atom is -0.475 e. The fraction of sp³-hybridized carbons (Fsp3) is 0.765. The number of rotatable bonds is 9. The van der Waals surface area contributed by atoms with Gasteiger partial charge in [0.1, 0.15) is 5.69 Å². The van der Waals surface area contributed by atoms with Gasteiger partial charge in [0.15, 0.2) is 0 Å². The van der Waals surface area contributed by atoms with Gasteiger partial charge < -0.3 is 14.4 Å². The Balaban J connectivity index is 1.91. The third-order valence-electron chi connectivity index (χ3n) is 4.13. The lowest BCUT2D eigenvalue weighted by molar-refractivity contribution is 0.122. The average Bonchev–Trinajstić information content (AvgIpc) is 2.57. The first-order chi connectivity index (χ1) is 11.2. The Bertz CT molecular complexity index is 524. The van der Waals surface area contributed by atoms with Gasteiger partial charge in [-0.05, 0) is 6.42 Å². The summed E-state index contributed by atoms with van der Waals surface area (Å²) in [6.07, 6.45) is 7.34. The van der Waals surface area contributed by atoms with Crippen molar-refractivity contribution in [2.24, 2.45) is 7.05 Å². The second kappa shape index (κ2) is 9.55. The van der Waals surface area contributed by atoms with Crippen molar-refractivity contribution >= 4 is 5.69 Å². The third kappa shape index (κ3) is 5.53. The van der Waals surface area contributed by atoms with Crippen molar-refractivity contribution in [2.45, 2.75) is 45.4 Å². The Labute approximate surface area is 138 Å². The molecular formula is C17H29N3O3. The maximum atomic E-state index is 11.9. The van der Waals surface area contributed by atoms with Crippen molar-refractivity contribution in [1.29, 1.82) is 0 Å². The van der Waals surface area contributed by atoms with Gasteiger partial charge in [-0.25, -0.2) is 4.68 Å². The van der Waals surface area contributed by atoms with Crippen LogP contribution >= 0.6 is 0 Å². The molecule has 1 fully saturated rings. The molecule has 1 aliphatic heterocycles. The van der Waals surface area contributed by atoms with Gasteiger partial charge in [0.05, 0.1) is 19.8 Å². The molecule has 1 aromatic rings. The van der Waals surface area contributed by atoms with Gasteiger partial charge in [0.2, 0.25) is 0 Å². The quantitative estimate of drug-likeness (QED) is 0.653. The normalized spacial score (nSPS) is 15.0. The van der Waals surface area contributed by atoms with Gasteiger partial charge in [0.25, 0.3) is 11.4 Å². The largest absolute Gasteiger partial charge is 0.475 e. The first kappa shape index (κ1) is 17.8. The fourth-order valence-corrected chi connectivity index (χ4v) is 2.69. The number of nitrogens with zero attached hydrogens (tertiary/aromatic N) is 3. The maximum Gasteiger partial charge on any atom is 0.268 e. The number of hydrogen-bond donors (Lipinski definition) is 0. The van der Waals surface area contributed by atoms with Crippen molar-refractivity contribution in [2.75, 3.05) is 37.8 Å². The zero-order chi connectivity index (χ0) is 16.5. The Morgan fingerprint density at radius 2 is 1.87 bits per heavy atom. The molecule has 0 N–H and O–H groups in total.